The smallest absolute Gasteiger partial charge is 0.123 e. The molecule has 0 spiro atoms. The van der Waals surface area contributed by atoms with E-state index in [2.05, 4.69) is 63.1 Å². The van der Waals surface area contributed by atoms with Crippen LogP contribution in [0.2, 0.25) is 0 Å². The Labute approximate surface area is 172 Å². The lowest BCUT2D eigenvalue weighted by molar-refractivity contribution is 0.141. The van der Waals surface area contributed by atoms with Crippen molar-refractivity contribution >= 4 is 16.9 Å². The van der Waals surface area contributed by atoms with Gasteiger partial charge >= 0.3 is 0 Å². The summed E-state index contributed by atoms with van der Waals surface area (Å²) < 4.78 is 0. The number of aromatic nitrogens is 2. The van der Waals surface area contributed by atoms with E-state index in [4.69, 9.17) is 4.99 Å². The summed E-state index contributed by atoms with van der Waals surface area (Å²) in [5.74, 6) is 1.21. The van der Waals surface area contributed by atoms with Crippen LogP contribution in [0.5, 0.6) is 0 Å². The Bertz CT molecular complexity index is 943. The van der Waals surface area contributed by atoms with Crippen LogP contribution in [0.4, 0.5) is 0 Å². The molecule has 1 saturated heterocycles. The van der Waals surface area contributed by atoms with Crippen LogP contribution in [0.3, 0.4) is 0 Å². The minimum absolute atomic E-state index is 0.158. The molecule has 3 heterocycles. The Balaban J connectivity index is 1.38. The van der Waals surface area contributed by atoms with Gasteiger partial charge in [-0.15, -0.1) is 0 Å². The first-order valence-corrected chi connectivity index (χ1v) is 10.4. The van der Waals surface area contributed by atoms with Gasteiger partial charge in [-0.2, -0.15) is 0 Å². The molecule has 1 fully saturated rings. The molecule has 6 nitrogen and oxygen atoms in total. The van der Waals surface area contributed by atoms with E-state index in [1.54, 1.807) is 12.4 Å². The van der Waals surface area contributed by atoms with Gasteiger partial charge in [0.15, 0.2) is 0 Å². The van der Waals surface area contributed by atoms with Crippen LogP contribution in [-0.2, 0) is 0 Å². The van der Waals surface area contributed by atoms with Crippen LogP contribution in [0.1, 0.15) is 25.5 Å². The molecule has 0 saturated carbocycles. The number of allylic oxidation sites excluding steroid dienone is 1. The highest BCUT2D eigenvalue weighted by Gasteiger charge is 2.23. The summed E-state index contributed by atoms with van der Waals surface area (Å²) in [5.41, 5.74) is 4.34. The first kappa shape index (κ1) is 19.7. The molecule has 152 valence electrons. The standard InChI is InChI=1S/C23H29N5O/c1-17(16-29)19-4-6-23(26-8-7-19)28-13-11-27(12-14-28)18(2)20-3-5-21-22(15-20)25-10-9-24-21/h3-7,9-10,15,17-18,29H,8,11-14,16H2,1-2H3. The van der Waals surface area contributed by atoms with Gasteiger partial charge in [-0.3, -0.25) is 19.9 Å². The molecule has 2 aliphatic heterocycles. The Kier molecular flexibility index (Phi) is 6.02. The largest absolute Gasteiger partial charge is 0.396 e. The molecular formula is C23H29N5O. The Morgan fingerprint density at radius 2 is 1.76 bits per heavy atom. The van der Waals surface area contributed by atoms with Crippen molar-refractivity contribution in [3.8, 4) is 0 Å². The van der Waals surface area contributed by atoms with Crippen molar-refractivity contribution in [1.29, 1.82) is 0 Å². The number of benzene rings is 1. The van der Waals surface area contributed by atoms with Gasteiger partial charge in [-0.05, 0) is 36.3 Å². The van der Waals surface area contributed by atoms with Crippen molar-refractivity contribution in [2.75, 3.05) is 39.3 Å². The summed E-state index contributed by atoms with van der Waals surface area (Å²) in [4.78, 5) is 18.4. The molecule has 6 heteroatoms. The van der Waals surface area contributed by atoms with E-state index in [0.29, 0.717) is 12.6 Å². The van der Waals surface area contributed by atoms with Crippen LogP contribution >= 0.6 is 0 Å². The van der Waals surface area contributed by atoms with Crippen LogP contribution in [-0.4, -0.2) is 70.0 Å². The SMILES string of the molecule is CC(CO)C1=CCN=C(N2CCN(C(C)c3ccc4nccnc4c3)CC2)C=C1. The number of amidine groups is 1. The lowest BCUT2D eigenvalue weighted by atomic mass is 10.0. The number of aliphatic imine (C=N–C) groups is 1. The predicted octanol–water partition coefficient (Wildman–Crippen LogP) is 2.83. The average molecular weight is 392 g/mol. The van der Waals surface area contributed by atoms with Crippen molar-refractivity contribution in [1.82, 2.24) is 19.8 Å². The van der Waals surface area contributed by atoms with E-state index in [1.807, 2.05) is 6.92 Å². The van der Waals surface area contributed by atoms with Crippen molar-refractivity contribution < 1.29 is 5.11 Å². The maximum atomic E-state index is 9.39. The van der Waals surface area contributed by atoms with E-state index in [-0.39, 0.29) is 12.5 Å². The number of aliphatic hydroxyl groups is 1. The third-order valence-electron chi connectivity index (χ3n) is 6.01. The maximum Gasteiger partial charge on any atom is 0.123 e. The predicted molar refractivity (Wildman–Crippen MR) is 117 cm³/mol. The molecule has 2 unspecified atom stereocenters. The third-order valence-corrected chi connectivity index (χ3v) is 6.01. The summed E-state index contributed by atoms with van der Waals surface area (Å²) in [7, 11) is 0. The number of piperazine rings is 1. The number of hydrogen-bond acceptors (Lipinski definition) is 6. The monoisotopic (exact) mass is 391 g/mol. The fourth-order valence-corrected chi connectivity index (χ4v) is 4.00. The molecule has 0 amide bonds. The maximum absolute atomic E-state index is 9.39. The van der Waals surface area contributed by atoms with E-state index in [0.717, 1.165) is 48.6 Å². The third kappa shape index (κ3) is 4.38. The Morgan fingerprint density at radius 1 is 1.00 bits per heavy atom. The van der Waals surface area contributed by atoms with Gasteiger partial charge in [0.2, 0.25) is 0 Å². The van der Waals surface area contributed by atoms with Crippen molar-refractivity contribution in [2.24, 2.45) is 10.9 Å². The van der Waals surface area contributed by atoms with Crippen LogP contribution in [0.15, 0.2) is 59.4 Å². The first-order chi connectivity index (χ1) is 14.2. The molecular weight excluding hydrogens is 362 g/mol. The Morgan fingerprint density at radius 3 is 2.52 bits per heavy atom. The second-order valence-corrected chi connectivity index (χ2v) is 7.82. The normalized spacial score (nSPS) is 20.2. The summed E-state index contributed by atoms with van der Waals surface area (Å²) in [6.07, 6.45) is 9.81. The minimum Gasteiger partial charge on any atom is -0.396 e. The summed E-state index contributed by atoms with van der Waals surface area (Å²) in [5, 5.41) is 9.39. The van der Waals surface area contributed by atoms with Gasteiger partial charge < -0.3 is 10.0 Å². The number of hydrogen-bond donors (Lipinski definition) is 1. The van der Waals surface area contributed by atoms with Gasteiger partial charge in [0.25, 0.3) is 0 Å². The van der Waals surface area contributed by atoms with Crippen LogP contribution < -0.4 is 0 Å². The molecule has 4 rings (SSSR count). The number of nitrogens with zero attached hydrogens (tertiary/aromatic N) is 5. The number of aliphatic hydroxyl groups excluding tert-OH is 1. The zero-order valence-electron chi connectivity index (χ0n) is 17.2. The summed E-state index contributed by atoms with van der Waals surface area (Å²) >= 11 is 0. The highest BCUT2D eigenvalue weighted by atomic mass is 16.3. The van der Waals surface area contributed by atoms with E-state index in [1.165, 1.54) is 5.56 Å². The molecule has 0 radical (unpaired) electrons. The lowest BCUT2D eigenvalue weighted by Gasteiger charge is -2.39. The van der Waals surface area contributed by atoms with Crippen molar-refractivity contribution in [3.05, 3.63) is 60.0 Å². The first-order valence-electron chi connectivity index (χ1n) is 10.4. The fourth-order valence-electron chi connectivity index (χ4n) is 4.00. The van der Waals surface area contributed by atoms with E-state index in [9.17, 15) is 5.11 Å². The lowest BCUT2D eigenvalue weighted by Crippen LogP contribution is -2.49. The van der Waals surface area contributed by atoms with Crippen LogP contribution in [0.25, 0.3) is 11.0 Å². The number of rotatable bonds is 4. The molecule has 0 bridgehead atoms. The molecule has 2 aliphatic rings. The van der Waals surface area contributed by atoms with Gasteiger partial charge in [0, 0.05) is 57.1 Å². The average Bonchev–Trinajstić information content (AvgIpc) is 3.04. The molecule has 29 heavy (non-hydrogen) atoms. The zero-order valence-corrected chi connectivity index (χ0v) is 17.2. The van der Waals surface area contributed by atoms with Crippen LogP contribution in [0, 0.1) is 5.92 Å². The highest BCUT2D eigenvalue weighted by molar-refractivity contribution is 5.94. The fraction of sp³-hybridized carbons (Fsp3) is 0.435. The van der Waals surface area contributed by atoms with Crippen molar-refractivity contribution in [3.63, 3.8) is 0 Å². The molecule has 2 atom stereocenters. The zero-order chi connectivity index (χ0) is 20.2. The van der Waals surface area contributed by atoms with Gasteiger partial charge in [0.1, 0.15) is 5.84 Å². The highest BCUT2D eigenvalue weighted by Crippen LogP contribution is 2.24. The molecule has 1 aromatic carbocycles. The molecule has 0 aliphatic carbocycles. The second-order valence-electron chi connectivity index (χ2n) is 7.82. The topological polar surface area (TPSA) is 64.9 Å². The van der Waals surface area contributed by atoms with E-state index >= 15 is 0 Å². The Hall–Kier alpha value is -2.57. The minimum atomic E-state index is 0.158. The summed E-state index contributed by atoms with van der Waals surface area (Å²) in [6.45, 7) is 9.08. The quantitative estimate of drug-likeness (QED) is 0.868. The molecule has 1 aromatic heterocycles. The van der Waals surface area contributed by atoms with Gasteiger partial charge in [-0.1, -0.05) is 25.1 Å². The second kappa shape index (κ2) is 8.84. The van der Waals surface area contributed by atoms with Gasteiger partial charge in [0.05, 0.1) is 17.6 Å². The van der Waals surface area contributed by atoms with Gasteiger partial charge in [-0.25, -0.2) is 0 Å². The molecule has 1 N–H and O–H groups in total. The van der Waals surface area contributed by atoms with E-state index < -0.39 is 0 Å². The molecule has 2 aromatic rings. The number of fused-ring (bicyclic) bond motifs is 1. The van der Waals surface area contributed by atoms with Crippen molar-refractivity contribution in [2.45, 2.75) is 19.9 Å². The summed E-state index contributed by atoms with van der Waals surface area (Å²) in [6, 6.07) is 6.73.